The second kappa shape index (κ2) is 14.9. The summed E-state index contributed by atoms with van der Waals surface area (Å²) in [5, 5.41) is 2.15. The van der Waals surface area contributed by atoms with Gasteiger partial charge in [0.15, 0.2) is 5.58 Å². The molecule has 2 heterocycles. The minimum atomic E-state index is -0.577. The summed E-state index contributed by atoms with van der Waals surface area (Å²) in [5.74, 6) is 0. The number of para-hydroxylation sites is 6. The van der Waals surface area contributed by atoms with Crippen molar-refractivity contribution in [1.29, 1.82) is 0 Å². The summed E-state index contributed by atoms with van der Waals surface area (Å²) in [6.45, 7) is 0. The van der Waals surface area contributed by atoms with E-state index in [-0.39, 0.29) is 0 Å². The maximum Gasteiger partial charge on any atom is 0.161 e. The molecule has 0 saturated heterocycles. The smallest absolute Gasteiger partial charge is 0.161 e. The Labute approximate surface area is 378 Å². The summed E-state index contributed by atoms with van der Waals surface area (Å²) in [6, 6.07) is 81.3. The number of hydrogen-bond acceptors (Lipinski definition) is 4. The zero-order chi connectivity index (χ0) is 42.9. The van der Waals surface area contributed by atoms with Gasteiger partial charge in [-0.05, 0) is 137 Å². The van der Waals surface area contributed by atoms with Crippen LogP contribution in [0.15, 0.2) is 247 Å². The quantitative estimate of drug-likeness (QED) is 0.160. The summed E-state index contributed by atoms with van der Waals surface area (Å²) in [4.78, 5) is 7.27. The number of hydrogen-bond donors (Lipinski definition) is 0. The second-order valence-electron chi connectivity index (χ2n) is 17.1. The summed E-state index contributed by atoms with van der Waals surface area (Å²) in [7, 11) is 0. The molecule has 4 nitrogen and oxygen atoms in total. The van der Waals surface area contributed by atoms with E-state index in [1.165, 1.54) is 39.1 Å². The zero-order valence-electron chi connectivity index (χ0n) is 35.7. The molecule has 10 aromatic rings. The van der Waals surface area contributed by atoms with Crippen molar-refractivity contribution in [2.24, 2.45) is 0 Å². The molecule has 0 amide bonds. The predicted molar refractivity (Wildman–Crippen MR) is 269 cm³/mol. The molecule has 1 atom stereocenters. The molecule has 0 saturated carbocycles. The SMILES string of the molecule is C1=CC2=C(CC1)c1ccccc1C21c2ccccc2N(c2ccccc2)c2ccc(N(c3ccccc3)c3c(N(c4ccccc4)c4ccccc4)ccc4c3oc3ccccc34)cc21. The van der Waals surface area contributed by atoms with Gasteiger partial charge in [-0.3, -0.25) is 0 Å². The molecular weight excluding hydrogens is 791 g/mol. The highest BCUT2D eigenvalue weighted by molar-refractivity contribution is 6.14. The molecule has 3 aliphatic rings. The van der Waals surface area contributed by atoms with E-state index in [1.54, 1.807) is 0 Å². The minimum Gasteiger partial charge on any atom is -0.454 e. The molecule has 0 N–H and O–H groups in total. The van der Waals surface area contributed by atoms with Gasteiger partial charge in [-0.15, -0.1) is 0 Å². The number of furan rings is 1. The summed E-state index contributed by atoms with van der Waals surface area (Å²) in [5.41, 5.74) is 18.7. The molecule has 1 aliphatic heterocycles. The predicted octanol–water partition coefficient (Wildman–Crippen LogP) is 16.8. The van der Waals surface area contributed by atoms with Gasteiger partial charge in [-0.25, -0.2) is 0 Å². The van der Waals surface area contributed by atoms with E-state index in [2.05, 4.69) is 251 Å². The van der Waals surface area contributed by atoms with Gasteiger partial charge in [0.2, 0.25) is 0 Å². The Kier molecular flexibility index (Phi) is 8.53. The van der Waals surface area contributed by atoms with E-state index in [4.69, 9.17) is 4.42 Å². The normalized spacial score (nSPS) is 15.8. The average molecular weight is 834 g/mol. The summed E-state index contributed by atoms with van der Waals surface area (Å²) < 4.78 is 7.12. The van der Waals surface area contributed by atoms with Crippen LogP contribution >= 0.6 is 0 Å². The van der Waals surface area contributed by atoms with Gasteiger partial charge in [0.25, 0.3) is 0 Å². The van der Waals surface area contributed by atoms with Gasteiger partial charge < -0.3 is 19.1 Å². The molecule has 0 fully saturated rings. The second-order valence-corrected chi connectivity index (χ2v) is 17.1. The molecule has 65 heavy (non-hydrogen) atoms. The Morgan fingerprint density at radius 1 is 0.462 bits per heavy atom. The van der Waals surface area contributed by atoms with Gasteiger partial charge in [-0.2, -0.15) is 0 Å². The fourth-order valence-corrected chi connectivity index (χ4v) is 11.1. The maximum atomic E-state index is 7.12. The van der Waals surface area contributed by atoms with Crippen LogP contribution in [0.5, 0.6) is 0 Å². The molecule has 4 heteroatoms. The van der Waals surface area contributed by atoms with E-state index in [0.717, 1.165) is 80.3 Å². The third-order valence-corrected chi connectivity index (χ3v) is 13.7. The summed E-state index contributed by atoms with van der Waals surface area (Å²) >= 11 is 0. The van der Waals surface area contributed by atoms with Crippen molar-refractivity contribution in [3.8, 4) is 0 Å². The van der Waals surface area contributed by atoms with Crippen molar-refractivity contribution in [2.45, 2.75) is 18.3 Å². The zero-order valence-corrected chi connectivity index (χ0v) is 35.7. The maximum absolute atomic E-state index is 7.12. The van der Waals surface area contributed by atoms with Gasteiger partial charge in [0.05, 0.1) is 22.5 Å². The van der Waals surface area contributed by atoms with Crippen LogP contribution in [0.4, 0.5) is 51.2 Å². The Balaban J connectivity index is 1.16. The van der Waals surface area contributed by atoms with Crippen molar-refractivity contribution in [1.82, 2.24) is 0 Å². The van der Waals surface area contributed by atoms with Gasteiger partial charge in [0.1, 0.15) is 11.3 Å². The van der Waals surface area contributed by atoms with E-state index in [0.29, 0.717) is 0 Å². The van der Waals surface area contributed by atoms with E-state index >= 15 is 0 Å². The number of benzene rings is 9. The molecule has 1 spiro atoms. The molecule has 9 aromatic carbocycles. The minimum absolute atomic E-state index is 0.577. The van der Waals surface area contributed by atoms with Crippen LogP contribution in [0.3, 0.4) is 0 Å². The lowest BCUT2D eigenvalue weighted by Crippen LogP contribution is -2.37. The van der Waals surface area contributed by atoms with E-state index in [1.807, 2.05) is 0 Å². The van der Waals surface area contributed by atoms with Crippen LogP contribution in [0.25, 0.3) is 27.5 Å². The lowest BCUT2D eigenvalue weighted by Gasteiger charge is -2.46. The van der Waals surface area contributed by atoms with Crippen LogP contribution in [0, 0.1) is 0 Å². The third-order valence-electron chi connectivity index (χ3n) is 13.7. The largest absolute Gasteiger partial charge is 0.454 e. The molecular formula is C61H43N3O. The first-order valence-electron chi connectivity index (χ1n) is 22.6. The molecule has 308 valence electrons. The van der Waals surface area contributed by atoms with Crippen LogP contribution < -0.4 is 14.7 Å². The van der Waals surface area contributed by atoms with E-state index in [9.17, 15) is 0 Å². The Morgan fingerprint density at radius 3 is 1.80 bits per heavy atom. The monoisotopic (exact) mass is 833 g/mol. The fourth-order valence-electron chi connectivity index (χ4n) is 11.1. The van der Waals surface area contributed by atoms with Gasteiger partial charge in [0, 0.05) is 39.2 Å². The van der Waals surface area contributed by atoms with Crippen molar-refractivity contribution in [3.63, 3.8) is 0 Å². The molecule has 1 aromatic heterocycles. The van der Waals surface area contributed by atoms with Crippen LogP contribution in [0.1, 0.15) is 35.1 Å². The van der Waals surface area contributed by atoms with Gasteiger partial charge >= 0.3 is 0 Å². The number of allylic oxidation sites excluding steroid dienone is 4. The average Bonchev–Trinajstić information content (AvgIpc) is 3.90. The first-order chi connectivity index (χ1) is 32.3. The first-order valence-corrected chi connectivity index (χ1v) is 22.6. The number of anilines is 9. The summed E-state index contributed by atoms with van der Waals surface area (Å²) in [6.07, 6.45) is 6.85. The number of fused-ring (bicyclic) bond motifs is 11. The third kappa shape index (κ3) is 5.57. The highest BCUT2D eigenvalue weighted by Crippen LogP contribution is 2.65. The highest BCUT2D eigenvalue weighted by atomic mass is 16.3. The van der Waals surface area contributed by atoms with Crippen LogP contribution in [-0.2, 0) is 5.41 Å². The molecule has 0 bridgehead atoms. The van der Waals surface area contributed by atoms with Crippen molar-refractivity contribution >= 4 is 78.7 Å². The van der Waals surface area contributed by atoms with Crippen LogP contribution in [-0.4, -0.2) is 0 Å². The highest BCUT2D eigenvalue weighted by Gasteiger charge is 2.52. The van der Waals surface area contributed by atoms with Crippen molar-refractivity contribution in [2.75, 3.05) is 14.7 Å². The lowest BCUT2D eigenvalue weighted by molar-refractivity contribution is 0.669. The lowest BCUT2D eigenvalue weighted by atomic mass is 9.63. The first kappa shape index (κ1) is 37.2. The topological polar surface area (TPSA) is 22.9 Å². The van der Waals surface area contributed by atoms with Crippen molar-refractivity contribution in [3.05, 3.63) is 264 Å². The Bertz CT molecular complexity index is 3460. The van der Waals surface area contributed by atoms with Gasteiger partial charge in [-0.1, -0.05) is 146 Å². The Morgan fingerprint density at radius 2 is 1.06 bits per heavy atom. The molecule has 13 rings (SSSR count). The van der Waals surface area contributed by atoms with E-state index < -0.39 is 5.41 Å². The standard InChI is InChI=1S/C61H43N3O/c1-5-21-42(22-6-1)62(43-23-7-2-8-24-43)57-40-38-50-49-31-15-20-36-58(49)65-60(50)59(57)63(44-25-9-3-10-26-44)46-37-39-56-54(41-46)61(51-32-16-13-29-47(51)48-30-14-17-33-52(48)61)53-34-18-19-35-55(53)64(56)45-27-11-4-12-28-45/h1-13,15-29,31-41H,14,30H2. The Hall–Kier alpha value is -8.34. The molecule has 0 radical (unpaired) electrons. The number of rotatable bonds is 7. The molecule has 2 aliphatic carbocycles. The fraction of sp³-hybridized carbons (Fsp3) is 0.0492. The number of nitrogens with zero attached hydrogens (tertiary/aromatic N) is 3. The van der Waals surface area contributed by atoms with Crippen LogP contribution in [0.2, 0.25) is 0 Å². The molecule has 1 unspecified atom stereocenters. The van der Waals surface area contributed by atoms with Crippen molar-refractivity contribution < 1.29 is 4.42 Å².